The molecular weight excluding hydrogens is 248 g/mol. The lowest BCUT2D eigenvalue weighted by atomic mass is 10.1. The molecule has 0 bridgehead atoms. The second kappa shape index (κ2) is 7.85. The van der Waals surface area contributed by atoms with Gasteiger partial charge in [0, 0.05) is 19.1 Å². The van der Waals surface area contributed by atoms with Crippen LogP contribution in [-0.4, -0.2) is 61.8 Å². The molecule has 2 N–H and O–H groups in total. The first kappa shape index (κ1) is 15.6. The topological polar surface area (TPSA) is 91.5 Å². The van der Waals surface area contributed by atoms with Crippen molar-refractivity contribution in [1.29, 1.82) is 0 Å². The normalized spacial score (nSPS) is 11.4. The zero-order valence-corrected chi connectivity index (χ0v) is 11.5. The Morgan fingerprint density at radius 3 is 2.58 bits per heavy atom. The third-order valence-electron chi connectivity index (χ3n) is 3.22. The largest absolute Gasteiger partial charge is 0.476 e. The quantitative estimate of drug-likeness (QED) is 0.677. The maximum Gasteiger partial charge on any atom is 0.358 e. The van der Waals surface area contributed by atoms with E-state index in [4.69, 9.17) is 10.2 Å². The van der Waals surface area contributed by atoms with E-state index in [0.29, 0.717) is 19.1 Å². The van der Waals surface area contributed by atoms with Crippen molar-refractivity contribution in [2.24, 2.45) is 0 Å². The molecule has 1 aromatic rings. The number of nitrogens with zero attached hydrogens (tertiary/aromatic N) is 4. The molecule has 0 saturated heterocycles. The highest BCUT2D eigenvalue weighted by Crippen LogP contribution is 2.08. The van der Waals surface area contributed by atoms with E-state index in [1.165, 1.54) is 10.9 Å². The number of aliphatic hydroxyl groups excluding tert-OH is 1. The molecule has 0 aliphatic heterocycles. The van der Waals surface area contributed by atoms with Gasteiger partial charge in [0.15, 0.2) is 5.69 Å². The van der Waals surface area contributed by atoms with Gasteiger partial charge < -0.3 is 10.2 Å². The van der Waals surface area contributed by atoms with Gasteiger partial charge in [-0.2, -0.15) is 0 Å². The number of aromatic carboxylic acids is 1. The first-order valence-corrected chi connectivity index (χ1v) is 6.60. The van der Waals surface area contributed by atoms with Gasteiger partial charge >= 0.3 is 5.97 Å². The van der Waals surface area contributed by atoms with Gasteiger partial charge in [0.2, 0.25) is 0 Å². The molecule has 0 aliphatic carbocycles. The van der Waals surface area contributed by atoms with Crippen molar-refractivity contribution in [1.82, 2.24) is 19.9 Å². The van der Waals surface area contributed by atoms with Crippen LogP contribution in [-0.2, 0) is 6.54 Å². The third kappa shape index (κ3) is 4.60. The van der Waals surface area contributed by atoms with Gasteiger partial charge in [-0.25, -0.2) is 4.79 Å². The van der Waals surface area contributed by atoms with E-state index in [1.807, 2.05) is 0 Å². The van der Waals surface area contributed by atoms with Crippen molar-refractivity contribution in [3.63, 3.8) is 0 Å². The van der Waals surface area contributed by atoms with E-state index in [-0.39, 0.29) is 12.3 Å². The number of carboxylic acids is 1. The van der Waals surface area contributed by atoms with Crippen molar-refractivity contribution < 1.29 is 15.0 Å². The van der Waals surface area contributed by atoms with E-state index < -0.39 is 5.97 Å². The molecule has 0 unspecified atom stereocenters. The molecule has 108 valence electrons. The van der Waals surface area contributed by atoms with Crippen LogP contribution in [0.4, 0.5) is 0 Å². The SMILES string of the molecule is CCC(CC)N(CCO)CCn1cc(C(=O)O)nn1. The van der Waals surface area contributed by atoms with E-state index >= 15 is 0 Å². The Hall–Kier alpha value is -1.47. The molecule has 0 radical (unpaired) electrons. The van der Waals surface area contributed by atoms with E-state index in [0.717, 1.165) is 19.4 Å². The summed E-state index contributed by atoms with van der Waals surface area (Å²) >= 11 is 0. The summed E-state index contributed by atoms with van der Waals surface area (Å²) in [6, 6.07) is 0.426. The van der Waals surface area contributed by atoms with Gasteiger partial charge in [-0.3, -0.25) is 9.58 Å². The molecule has 1 rings (SSSR count). The Morgan fingerprint density at radius 1 is 1.42 bits per heavy atom. The van der Waals surface area contributed by atoms with Crippen molar-refractivity contribution in [3.8, 4) is 0 Å². The molecule has 1 heterocycles. The van der Waals surface area contributed by atoms with Crippen LogP contribution in [0.1, 0.15) is 37.2 Å². The molecular formula is C12H22N4O3. The Balaban J connectivity index is 2.57. The zero-order valence-electron chi connectivity index (χ0n) is 11.5. The Labute approximate surface area is 112 Å². The fraction of sp³-hybridized carbons (Fsp3) is 0.750. The third-order valence-corrected chi connectivity index (χ3v) is 3.22. The molecule has 7 heteroatoms. The minimum absolute atomic E-state index is 0.0451. The molecule has 0 atom stereocenters. The number of hydrogen-bond acceptors (Lipinski definition) is 5. The van der Waals surface area contributed by atoms with E-state index in [2.05, 4.69) is 29.1 Å². The van der Waals surface area contributed by atoms with E-state index in [1.54, 1.807) is 0 Å². The van der Waals surface area contributed by atoms with Gasteiger partial charge in [-0.1, -0.05) is 19.1 Å². The summed E-state index contributed by atoms with van der Waals surface area (Å²) in [5.74, 6) is -1.07. The molecule has 0 aliphatic rings. The zero-order chi connectivity index (χ0) is 14.3. The summed E-state index contributed by atoms with van der Waals surface area (Å²) in [4.78, 5) is 12.9. The highest BCUT2D eigenvalue weighted by atomic mass is 16.4. The number of carbonyl (C=O) groups is 1. The van der Waals surface area contributed by atoms with Crippen molar-refractivity contribution in [2.45, 2.75) is 39.3 Å². The minimum atomic E-state index is -1.07. The van der Waals surface area contributed by atoms with Crippen LogP contribution in [0.25, 0.3) is 0 Å². The highest BCUT2D eigenvalue weighted by molar-refractivity contribution is 5.84. The van der Waals surface area contributed by atoms with Crippen molar-refractivity contribution in [2.75, 3.05) is 19.7 Å². The first-order chi connectivity index (χ1) is 9.12. The number of aromatic nitrogens is 3. The summed E-state index contributed by atoms with van der Waals surface area (Å²) in [5, 5.41) is 25.2. The van der Waals surface area contributed by atoms with Crippen LogP contribution in [0.2, 0.25) is 0 Å². The van der Waals surface area contributed by atoms with Crippen LogP contribution in [0.3, 0.4) is 0 Å². The molecule has 0 amide bonds. The maximum absolute atomic E-state index is 10.7. The Bertz CT molecular complexity index is 390. The van der Waals surface area contributed by atoms with Crippen molar-refractivity contribution >= 4 is 5.97 Å². The van der Waals surface area contributed by atoms with Crippen LogP contribution in [0.15, 0.2) is 6.20 Å². The van der Waals surface area contributed by atoms with Crippen LogP contribution >= 0.6 is 0 Å². The lowest BCUT2D eigenvalue weighted by Crippen LogP contribution is -2.39. The molecule has 0 fully saturated rings. The van der Waals surface area contributed by atoms with Crippen molar-refractivity contribution in [3.05, 3.63) is 11.9 Å². The molecule has 7 nitrogen and oxygen atoms in total. The summed E-state index contributed by atoms with van der Waals surface area (Å²) in [5.41, 5.74) is -0.0451. The smallest absolute Gasteiger partial charge is 0.358 e. The number of rotatable bonds is 9. The van der Waals surface area contributed by atoms with Gasteiger partial charge in [0.1, 0.15) is 0 Å². The summed E-state index contributed by atoms with van der Waals surface area (Å²) < 4.78 is 1.52. The predicted octanol–water partition coefficient (Wildman–Crippen LogP) is 0.459. The van der Waals surface area contributed by atoms with Gasteiger partial charge in [0.25, 0.3) is 0 Å². The summed E-state index contributed by atoms with van der Waals surface area (Å²) in [6.45, 7) is 6.26. The maximum atomic E-state index is 10.7. The molecule has 19 heavy (non-hydrogen) atoms. The second-order valence-corrected chi connectivity index (χ2v) is 4.40. The second-order valence-electron chi connectivity index (χ2n) is 4.40. The van der Waals surface area contributed by atoms with Gasteiger partial charge in [0.05, 0.1) is 19.3 Å². The monoisotopic (exact) mass is 270 g/mol. The van der Waals surface area contributed by atoms with E-state index in [9.17, 15) is 4.79 Å². The highest BCUT2D eigenvalue weighted by Gasteiger charge is 2.15. The van der Waals surface area contributed by atoms with Crippen LogP contribution < -0.4 is 0 Å². The average Bonchev–Trinajstić information content (AvgIpc) is 2.86. The summed E-state index contributed by atoms with van der Waals surface area (Å²) in [7, 11) is 0. The Morgan fingerprint density at radius 2 is 2.11 bits per heavy atom. The lowest BCUT2D eigenvalue weighted by molar-refractivity contribution is 0.0690. The predicted molar refractivity (Wildman–Crippen MR) is 70.0 cm³/mol. The molecule has 0 aromatic carbocycles. The fourth-order valence-electron chi connectivity index (χ4n) is 2.15. The Kier molecular flexibility index (Phi) is 6.44. The van der Waals surface area contributed by atoms with Crippen LogP contribution in [0, 0.1) is 0 Å². The molecule has 0 saturated carbocycles. The van der Waals surface area contributed by atoms with Crippen LogP contribution in [0.5, 0.6) is 0 Å². The lowest BCUT2D eigenvalue weighted by Gasteiger charge is -2.29. The molecule has 1 aromatic heterocycles. The summed E-state index contributed by atoms with van der Waals surface area (Å²) in [6.07, 6.45) is 3.47. The molecule has 0 spiro atoms. The number of hydrogen-bond donors (Lipinski definition) is 2. The van der Waals surface area contributed by atoms with Gasteiger partial charge in [-0.15, -0.1) is 5.10 Å². The fourth-order valence-corrected chi connectivity index (χ4v) is 2.15. The average molecular weight is 270 g/mol. The minimum Gasteiger partial charge on any atom is -0.476 e. The standard InChI is InChI=1S/C12H22N4O3/c1-3-10(4-2)15(7-8-17)5-6-16-9-11(12(18)19)13-14-16/h9-10,17H,3-8H2,1-2H3,(H,18,19). The first-order valence-electron chi connectivity index (χ1n) is 6.60. The number of aliphatic hydroxyl groups is 1. The van der Waals surface area contributed by atoms with Gasteiger partial charge in [-0.05, 0) is 12.8 Å². The number of carboxylic acid groups (broad SMARTS) is 1.